The molecule has 0 unspecified atom stereocenters. The van der Waals surface area contributed by atoms with E-state index in [1.165, 1.54) is 0 Å². The van der Waals surface area contributed by atoms with Crippen LogP contribution < -0.4 is 0 Å². The standard InChI is InChI=1S/C11H11ClN4/c1-16-6-5-9(15-16)11-13-8-4-2-3-7(8)10(12)14-11/h5-6H,2-4H2,1H3. The molecular formula is C11H11ClN4. The lowest BCUT2D eigenvalue weighted by molar-refractivity contribution is 0.768. The van der Waals surface area contributed by atoms with Crippen molar-refractivity contribution in [2.24, 2.45) is 7.05 Å². The molecule has 1 aliphatic carbocycles. The molecule has 0 fully saturated rings. The van der Waals surface area contributed by atoms with Gasteiger partial charge in [-0.15, -0.1) is 0 Å². The number of hydrogen-bond acceptors (Lipinski definition) is 3. The van der Waals surface area contributed by atoms with Crippen molar-refractivity contribution >= 4 is 11.6 Å². The average Bonchev–Trinajstić information content (AvgIpc) is 2.85. The van der Waals surface area contributed by atoms with Crippen molar-refractivity contribution in [2.45, 2.75) is 19.3 Å². The van der Waals surface area contributed by atoms with Gasteiger partial charge in [-0.25, -0.2) is 9.97 Å². The summed E-state index contributed by atoms with van der Waals surface area (Å²) in [6.07, 6.45) is 4.99. The molecule has 0 amide bonds. The van der Waals surface area contributed by atoms with Crippen molar-refractivity contribution < 1.29 is 0 Å². The number of nitrogens with zero attached hydrogens (tertiary/aromatic N) is 4. The maximum absolute atomic E-state index is 6.15. The fraction of sp³-hybridized carbons (Fsp3) is 0.364. The molecule has 3 rings (SSSR count). The van der Waals surface area contributed by atoms with Gasteiger partial charge < -0.3 is 0 Å². The summed E-state index contributed by atoms with van der Waals surface area (Å²) in [7, 11) is 1.87. The van der Waals surface area contributed by atoms with Crippen LogP contribution in [-0.2, 0) is 19.9 Å². The molecule has 0 atom stereocenters. The molecule has 4 nitrogen and oxygen atoms in total. The van der Waals surface area contributed by atoms with Gasteiger partial charge in [0, 0.05) is 24.5 Å². The highest BCUT2D eigenvalue weighted by Crippen LogP contribution is 2.28. The summed E-state index contributed by atoms with van der Waals surface area (Å²) in [6, 6.07) is 1.90. The Labute approximate surface area is 98.3 Å². The van der Waals surface area contributed by atoms with Crippen LogP contribution in [0.25, 0.3) is 11.5 Å². The van der Waals surface area contributed by atoms with Crippen LogP contribution in [0.15, 0.2) is 12.3 Å². The number of fused-ring (bicyclic) bond motifs is 1. The van der Waals surface area contributed by atoms with Gasteiger partial charge in [0.25, 0.3) is 0 Å². The average molecular weight is 235 g/mol. The second-order valence-corrected chi connectivity index (χ2v) is 4.35. The van der Waals surface area contributed by atoms with Crippen LogP contribution in [0.2, 0.25) is 5.15 Å². The largest absolute Gasteiger partial charge is 0.275 e. The summed E-state index contributed by atoms with van der Waals surface area (Å²) < 4.78 is 1.74. The Hall–Kier alpha value is -1.42. The maximum Gasteiger partial charge on any atom is 0.181 e. The molecule has 2 heterocycles. The van der Waals surface area contributed by atoms with E-state index in [0.717, 1.165) is 36.2 Å². The fourth-order valence-electron chi connectivity index (χ4n) is 2.04. The number of aryl methyl sites for hydroxylation is 2. The highest BCUT2D eigenvalue weighted by atomic mass is 35.5. The molecule has 0 bridgehead atoms. The molecule has 0 aliphatic heterocycles. The van der Waals surface area contributed by atoms with Crippen LogP contribution in [0.5, 0.6) is 0 Å². The van der Waals surface area contributed by atoms with Crippen LogP contribution in [0.1, 0.15) is 17.7 Å². The van der Waals surface area contributed by atoms with Crippen molar-refractivity contribution in [1.29, 1.82) is 0 Å². The van der Waals surface area contributed by atoms with Crippen molar-refractivity contribution in [3.63, 3.8) is 0 Å². The van der Waals surface area contributed by atoms with Gasteiger partial charge in [0.15, 0.2) is 5.82 Å². The monoisotopic (exact) mass is 234 g/mol. The maximum atomic E-state index is 6.15. The first-order chi connectivity index (χ1) is 7.74. The lowest BCUT2D eigenvalue weighted by Gasteiger charge is -2.03. The smallest absolute Gasteiger partial charge is 0.181 e. The van der Waals surface area contributed by atoms with Crippen LogP contribution in [0, 0.1) is 0 Å². The molecule has 2 aromatic heterocycles. The van der Waals surface area contributed by atoms with Gasteiger partial charge in [-0.3, -0.25) is 4.68 Å². The third-order valence-corrected chi connectivity index (χ3v) is 3.14. The minimum Gasteiger partial charge on any atom is -0.275 e. The first-order valence-corrected chi connectivity index (χ1v) is 5.67. The van der Waals surface area contributed by atoms with E-state index in [0.29, 0.717) is 11.0 Å². The van der Waals surface area contributed by atoms with E-state index in [1.54, 1.807) is 4.68 Å². The third kappa shape index (κ3) is 1.50. The summed E-state index contributed by atoms with van der Waals surface area (Å²) in [5.41, 5.74) is 2.97. The summed E-state index contributed by atoms with van der Waals surface area (Å²) >= 11 is 6.15. The van der Waals surface area contributed by atoms with Crippen molar-refractivity contribution in [2.75, 3.05) is 0 Å². The van der Waals surface area contributed by atoms with Gasteiger partial charge >= 0.3 is 0 Å². The van der Waals surface area contributed by atoms with E-state index in [4.69, 9.17) is 11.6 Å². The molecule has 0 aromatic carbocycles. The number of halogens is 1. The van der Waals surface area contributed by atoms with Crippen LogP contribution in [0.3, 0.4) is 0 Å². The van der Waals surface area contributed by atoms with Crippen molar-refractivity contribution in [1.82, 2.24) is 19.7 Å². The molecular weight excluding hydrogens is 224 g/mol. The molecule has 82 valence electrons. The highest BCUT2D eigenvalue weighted by Gasteiger charge is 2.19. The Morgan fingerprint density at radius 3 is 2.94 bits per heavy atom. The molecule has 0 N–H and O–H groups in total. The summed E-state index contributed by atoms with van der Waals surface area (Å²) in [5.74, 6) is 0.631. The first-order valence-electron chi connectivity index (χ1n) is 5.29. The molecule has 5 heteroatoms. The van der Waals surface area contributed by atoms with E-state index in [-0.39, 0.29) is 0 Å². The lowest BCUT2D eigenvalue weighted by Crippen LogP contribution is -1.98. The lowest BCUT2D eigenvalue weighted by atomic mass is 10.2. The Balaban J connectivity index is 2.12. The second kappa shape index (κ2) is 3.56. The zero-order chi connectivity index (χ0) is 11.1. The predicted molar refractivity (Wildman–Crippen MR) is 61.3 cm³/mol. The van der Waals surface area contributed by atoms with Gasteiger partial charge in [0.05, 0.1) is 0 Å². The van der Waals surface area contributed by atoms with Gasteiger partial charge in [-0.05, 0) is 25.3 Å². The number of aromatic nitrogens is 4. The number of rotatable bonds is 1. The van der Waals surface area contributed by atoms with Crippen LogP contribution in [-0.4, -0.2) is 19.7 Å². The molecule has 0 saturated heterocycles. The fourth-order valence-corrected chi connectivity index (χ4v) is 2.32. The SMILES string of the molecule is Cn1ccc(-c2nc(Cl)c3c(n2)CCC3)n1. The van der Waals surface area contributed by atoms with E-state index in [1.807, 2.05) is 19.3 Å². The molecule has 1 aliphatic rings. The van der Waals surface area contributed by atoms with Gasteiger partial charge in [-0.2, -0.15) is 5.10 Å². The van der Waals surface area contributed by atoms with Gasteiger partial charge in [-0.1, -0.05) is 11.6 Å². The van der Waals surface area contributed by atoms with E-state index < -0.39 is 0 Å². The molecule has 0 saturated carbocycles. The van der Waals surface area contributed by atoms with Gasteiger partial charge in [0.2, 0.25) is 0 Å². The zero-order valence-corrected chi connectivity index (χ0v) is 9.70. The summed E-state index contributed by atoms with van der Waals surface area (Å²) in [6.45, 7) is 0. The first kappa shape index (κ1) is 9.78. The van der Waals surface area contributed by atoms with Crippen LogP contribution >= 0.6 is 11.6 Å². The Kier molecular flexibility index (Phi) is 2.17. The molecule has 16 heavy (non-hydrogen) atoms. The topological polar surface area (TPSA) is 43.6 Å². The highest BCUT2D eigenvalue weighted by molar-refractivity contribution is 6.30. The van der Waals surface area contributed by atoms with E-state index >= 15 is 0 Å². The molecule has 0 spiro atoms. The Morgan fingerprint density at radius 2 is 2.19 bits per heavy atom. The van der Waals surface area contributed by atoms with Crippen LogP contribution in [0.4, 0.5) is 0 Å². The molecule has 0 radical (unpaired) electrons. The second-order valence-electron chi connectivity index (χ2n) is 3.99. The van der Waals surface area contributed by atoms with Crippen molar-refractivity contribution in [3.8, 4) is 11.5 Å². The normalized spacial score (nSPS) is 14.1. The zero-order valence-electron chi connectivity index (χ0n) is 8.94. The molecule has 2 aromatic rings. The third-order valence-electron chi connectivity index (χ3n) is 2.83. The number of hydrogen-bond donors (Lipinski definition) is 0. The minimum absolute atomic E-state index is 0.586. The Bertz CT molecular complexity index is 547. The van der Waals surface area contributed by atoms with E-state index in [2.05, 4.69) is 15.1 Å². The van der Waals surface area contributed by atoms with E-state index in [9.17, 15) is 0 Å². The predicted octanol–water partition coefficient (Wildman–Crippen LogP) is 2.02. The summed E-state index contributed by atoms with van der Waals surface area (Å²) in [5, 5.41) is 4.87. The summed E-state index contributed by atoms with van der Waals surface area (Å²) in [4.78, 5) is 8.83. The minimum atomic E-state index is 0.586. The quantitative estimate of drug-likeness (QED) is 0.709. The van der Waals surface area contributed by atoms with Crippen molar-refractivity contribution in [3.05, 3.63) is 28.7 Å². The Morgan fingerprint density at radius 1 is 1.31 bits per heavy atom. The van der Waals surface area contributed by atoms with Gasteiger partial charge in [0.1, 0.15) is 10.8 Å².